The van der Waals surface area contributed by atoms with Gasteiger partial charge in [-0.05, 0) is 47.0 Å². The Morgan fingerprint density at radius 3 is 2.37 bits per heavy atom. The number of hydrogen-bond donors (Lipinski definition) is 1. The fourth-order valence-electron chi connectivity index (χ4n) is 3.26. The Labute approximate surface area is 174 Å². The van der Waals surface area contributed by atoms with E-state index < -0.39 is 56.9 Å². The summed E-state index contributed by atoms with van der Waals surface area (Å²) in [6, 6.07) is -1.16. The van der Waals surface area contributed by atoms with Crippen LogP contribution in [0.3, 0.4) is 0 Å². The normalized spacial score (nSPS) is 19.4. The number of fused-ring (bicyclic) bond motifs is 1. The van der Waals surface area contributed by atoms with Crippen molar-refractivity contribution >= 4 is 22.2 Å². The van der Waals surface area contributed by atoms with E-state index in [1.807, 2.05) is 0 Å². The molecule has 0 aromatic carbocycles. The van der Waals surface area contributed by atoms with Gasteiger partial charge in [0.15, 0.2) is 5.69 Å². The zero-order valence-electron chi connectivity index (χ0n) is 17.8. The first-order chi connectivity index (χ1) is 13.6. The maximum absolute atomic E-state index is 13.1. The van der Waals surface area contributed by atoms with E-state index in [1.165, 1.54) is 16.5 Å². The smallest absolute Gasteiger partial charge is 0.410 e. The highest BCUT2D eigenvalue weighted by atomic mass is 32.2. The van der Waals surface area contributed by atoms with E-state index in [9.17, 15) is 27.9 Å². The topological polar surface area (TPSA) is 145 Å². The molecule has 0 fully saturated rings. The Morgan fingerprint density at radius 2 is 1.87 bits per heavy atom. The number of carboxylic acid groups (broad SMARTS) is 1. The fraction of sp³-hybridized carbons (Fsp3) is 0.667. The standard InChI is InChI=1S/C18H27N3O8S/c1-10-8-7-9-11(20(5)17(25)28-18(2,3)4)14-19-12(16(23)24)13(15(22)21(10)14)29-30(6,26)27/h10-11H,7-9H2,1-6H3,(H,23,24). The molecule has 11 nitrogen and oxygen atoms in total. The van der Waals surface area contributed by atoms with Gasteiger partial charge in [0.1, 0.15) is 11.4 Å². The lowest BCUT2D eigenvalue weighted by Crippen LogP contribution is -2.40. The van der Waals surface area contributed by atoms with Crippen molar-refractivity contribution in [2.75, 3.05) is 13.3 Å². The average molecular weight is 445 g/mol. The van der Waals surface area contributed by atoms with E-state index >= 15 is 0 Å². The Morgan fingerprint density at radius 1 is 1.27 bits per heavy atom. The molecule has 1 N–H and O–H groups in total. The van der Waals surface area contributed by atoms with Crippen molar-refractivity contribution in [2.45, 2.75) is 64.6 Å². The Kier molecular flexibility index (Phi) is 6.50. The van der Waals surface area contributed by atoms with Crippen LogP contribution in [0.25, 0.3) is 0 Å². The van der Waals surface area contributed by atoms with Gasteiger partial charge in [-0.1, -0.05) is 0 Å². The molecule has 0 aliphatic carbocycles. The minimum atomic E-state index is -4.17. The van der Waals surface area contributed by atoms with Crippen molar-refractivity contribution in [3.63, 3.8) is 0 Å². The zero-order chi connectivity index (χ0) is 23.0. The molecule has 0 saturated carbocycles. The van der Waals surface area contributed by atoms with Gasteiger partial charge in [-0.25, -0.2) is 14.6 Å². The molecule has 168 valence electrons. The number of carbonyl (C=O) groups excluding carboxylic acids is 1. The summed E-state index contributed by atoms with van der Waals surface area (Å²) in [7, 11) is -2.69. The van der Waals surface area contributed by atoms with Crippen molar-refractivity contribution in [1.82, 2.24) is 14.5 Å². The first kappa shape index (κ1) is 23.6. The van der Waals surface area contributed by atoms with Crippen LogP contribution < -0.4 is 9.74 Å². The summed E-state index contributed by atoms with van der Waals surface area (Å²) in [4.78, 5) is 42.7. The van der Waals surface area contributed by atoms with Crippen LogP contribution in [-0.2, 0) is 14.9 Å². The van der Waals surface area contributed by atoms with Crippen molar-refractivity contribution in [1.29, 1.82) is 0 Å². The number of aromatic nitrogens is 2. The van der Waals surface area contributed by atoms with E-state index in [2.05, 4.69) is 9.17 Å². The number of carboxylic acids is 1. The van der Waals surface area contributed by atoms with Gasteiger partial charge < -0.3 is 18.9 Å². The highest BCUT2D eigenvalue weighted by molar-refractivity contribution is 7.86. The van der Waals surface area contributed by atoms with Crippen molar-refractivity contribution < 1.29 is 32.0 Å². The summed E-state index contributed by atoms with van der Waals surface area (Å²) in [6.07, 6.45) is 1.62. The van der Waals surface area contributed by atoms with Crippen molar-refractivity contribution in [3.8, 4) is 5.75 Å². The van der Waals surface area contributed by atoms with Crippen LogP contribution in [-0.4, -0.2) is 58.9 Å². The molecule has 1 aliphatic heterocycles. The molecule has 12 heteroatoms. The molecule has 2 heterocycles. The van der Waals surface area contributed by atoms with Crippen molar-refractivity contribution in [3.05, 3.63) is 21.9 Å². The maximum atomic E-state index is 13.1. The molecular weight excluding hydrogens is 418 g/mol. The quantitative estimate of drug-likeness (QED) is 0.687. The van der Waals surface area contributed by atoms with Gasteiger partial charge in [-0.2, -0.15) is 8.42 Å². The lowest BCUT2D eigenvalue weighted by Gasteiger charge is -2.31. The monoisotopic (exact) mass is 445 g/mol. The molecule has 1 aromatic heterocycles. The molecule has 0 radical (unpaired) electrons. The van der Waals surface area contributed by atoms with Gasteiger partial charge in [0.05, 0.1) is 12.3 Å². The van der Waals surface area contributed by atoms with E-state index in [1.54, 1.807) is 27.7 Å². The minimum absolute atomic E-state index is 0.0385. The van der Waals surface area contributed by atoms with E-state index in [0.717, 1.165) is 0 Å². The van der Waals surface area contributed by atoms with Gasteiger partial charge in [-0.15, -0.1) is 0 Å². The number of carbonyl (C=O) groups is 2. The molecule has 1 aromatic rings. The summed E-state index contributed by atoms with van der Waals surface area (Å²) in [5.74, 6) is -2.46. The SMILES string of the molecule is CC1CCCC(N(C)C(=O)OC(C)(C)C)c2nc(C(=O)O)c(OS(C)(=O)=O)c(=O)n21. The Bertz CT molecular complexity index is 1010. The van der Waals surface area contributed by atoms with Crippen LogP contribution in [0, 0.1) is 0 Å². The van der Waals surface area contributed by atoms with Crippen LogP contribution in [0.5, 0.6) is 5.75 Å². The maximum Gasteiger partial charge on any atom is 0.410 e. The van der Waals surface area contributed by atoms with Crippen LogP contribution in [0.1, 0.15) is 75.4 Å². The van der Waals surface area contributed by atoms with E-state index in [-0.39, 0.29) is 5.82 Å². The molecule has 2 rings (SSSR count). The average Bonchev–Trinajstić information content (AvgIpc) is 2.72. The lowest BCUT2D eigenvalue weighted by molar-refractivity contribution is 0.0202. The van der Waals surface area contributed by atoms with Gasteiger partial charge in [0.2, 0.25) is 5.75 Å². The Balaban J connectivity index is 2.70. The number of rotatable bonds is 4. The number of ether oxygens (including phenoxy) is 1. The molecule has 2 unspecified atom stereocenters. The molecule has 0 bridgehead atoms. The summed E-state index contributed by atoms with van der Waals surface area (Å²) >= 11 is 0. The molecule has 1 amide bonds. The highest BCUT2D eigenvalue weighted by Crippen LogP contribution is 2.33. The summed E-state index contributed by atoms with van der Waals surface area (Å²) in [5, 5.41) is 9.52. The van der Waals surface area contributed by atoms with Gasteiger partial charge >= 0.3 is 22.2 Å². The predicted octanol–water partition coefficient (Wildman–Crippen LogP) is 1.93. The zero-order valence-corrected chi connectivity index (χ0v) is 18.6. The number of aromatic carboxylic acids is 1. The summed E-state index contributed by atoms with van der Waals surface area (Å²) in [5.41, 5.74) is -2.51. The molecular formula is C18H27N3O8S. The minimum Gasteiger partial charge on any atom is -0.476 e. The van der Waals surface area contributed by atoms with Crippen LogP contribution in [0.15, 0.2) is 4.79 Å². The van der Waals surface area contributed by atoms with Gasteiger partial charge in [-0.3, -0.25) is 9.36 Å². The fourth-order valence-corrected chi connectivity index (χ4v) is 3.71. The molecule has 1 aliphatic rings. The largest absolute Gasteiger partial charge is 0.476 e. The van der Waals surface area contributed by atoms with Gasteiger partial charge in [0.25, 0.3) is 5.56 Å². The predicted molar refractivity (Wildman–Crippen MR) is 106 cm³/mol. The molecule has 0 saturated heterocycles. The van der Waals surface area contributed by atoms with Crippen LogP contribution in [0.4, 0.5) is 4.79 Å². The third-order valence-corrected chi connectivity index (χ3v) is 5.00. The van der Waals surface area contributed by atoms with Gasteiger partial charge in [0, 0.05) is 13.1 Å². The number of amides is 1. The third-order valence-electron chi connectivity index (χ3n) is 4.53. The number of hydrogen-bond acceptors (Lipinski definition) is 8. The molecule has 2 atom stereocenters. The van der Waals surface area contributed by atoms with E-state index in [0.29, 0.717) is 25.5 Å². The Hall–Kier alpha value is -2.63. The summed E-state index contributed by atoms with van der Waals surface area (Å²) < 4.78 is 34.4. The second-order valence-corrected chi connectivity index (χ2v) is 9.88. The summed E-state index contributed by atoms with van der Waals surface area (Å²) in [6.45, 7) is 6.86. The second-order valence-electron chi connectivity index (χ2n) is 8.30. The molecule has 0 spiro atoms. The van der Waals surface area contributed by atoms with Crippen molar-refractivity contribution in [2.24, 2.45) is 0 Å². The van der Waals surface area contributed by atoms with E-state index in [4.69, 9.17) is 4.74 Å². The molecule has 30 heavy (non-hydrogen) atoms. The lowest BCUT2D eigenvalue weighted by atomic mass is 10.1. The van der Waals surface area contributed by atoms with Crippen LogP contribution in [0.2, 0.25) is 0 Å². The highest BCUT2D eigenvalue weighted by Gasteiger charge is 2.36. The third kappa shape index (κ3) is 5.29. The number of nitrogens with zero attached hydrogens (tertiary/aromatic N) is 3. The second kappa shape index (κ2) is 8.25. The first-order valence-corrected chi connectivity index (χ1v) is 11.2. The first-order valence-electron chi connectivity index (χ1n) is 9.37. The van der Waals surface area contributed by atoms with Crippen LogP contribution >= 0.6 is 0 Å².